The zero-order valence-electron chi connectivity index (χ0n) is 32.2. The van der Waals surface area contributed by atoms with Crippen LogP contribution in [-0.2, 0) is 43.9 Å². The number of benzene rings is 4. The summed E-state index contributed by atoms with van der Waals surface area (Å²) in [4.78, 5) is 55.4. The van der Waals surface area contributed by atoms with Crippen LogP contribution in [0, 0.1) is 35.5 Å². The van der Waals surface area contributed by atoms with Crippen LogP contribution in [0.2, 0.25) is 0 Å². The first-order chi connectivity index (χ1) is 28.7. The molecule has 8 nitrogen and oxygen atoms in total. The van der Waals surface area contributed by atoms with Crippen molar-refractivity contribution >= 4 is 47.1 Å². The number of anilines is 4. The van der Waals surface area contributed by atoms with Crippen molar-refractivity contribution in [3.05, 3.63) is 95.1 Å². The maximum atomic E-state index is 14.6. The van der Waals surface area contributed by atoms with Crippen molar-refractivity contribution in [1.29, 1.82) is 0 Å². The Morgan fingerprint density at radius 2 is 0.790 bits per heavy atom. The van der Waals surface area contributed by atoms with Crippen LogP contribution in [0.25, 0.3) is 22.3 Å². The quantitative estimate of drug-likeness (QED) is 0.103. The van der Waals surface area contributed by atoms with E-state index in [1.165, 1.54) is 0 Å². The van der Waals surface area contributed by atoms with Crippen LogP contribution >= 0.6 is 0 Å². The maximum absolute atomic E-state index is 14.6. The fourth-order valence-electron chi connectivity index (χ4n) is 8.96. The van der Waals surface area contributed by atoms with Gasteiger partial charge in [-0.1, -0.05) is 24.3 Å². The van der Waals surface area contributed by atoms with Gasteiger partial charge in [0.1, 0.15) is 12.6 Å². The normalized spacial score (nSPS) is 21.6. The molecule has 0 saturated heterocycles. The predicted octanol–water partition coefficient (Wildman–Crippen LogP) is 9.79. The van der Waals surface area contributed by atoms with Crippen molar-refractivity contribution in [2.45, 2.75) is 37.5 Å². The van der Waals surface area contributed by atoms with Crippen molar-refractivity contribution in [1.82, 2.24) is 0 Å². The summed E-state index contributed by atoms with van der Waals surface area (Å²) in [6.45, 7) is 0. The summed E-state index contributed by atoms with van der Waals surface area (Å²) in [6, 6.07) is 8.67. The largest absolute Gasteiger partial charge is 0.417 e. The minimum absolute atomic E-state index is 0.00202. The molecule has 4 atom stereocenters. The standard InChI is InChI=1S/C42H34F12N4O4/c1-57(21-5-9-26(33(15-21)41(49,50)51)24-7-3-19(55)13-31(24)39(43,44)45)37(61)35-28-12-11-23(29(35)17-59)30(18-60)36(28)38(62)58(2)22-6-10-27(34(16-22)42(52,53)54)25-8-4-20(56)14-32(25)40(46,47)48/h3-10,13-18,23,28-30,35-36H,11-12,55-56H2,1-2H3. The van der Waals surface area contributed by atoms with Gasteiger partial charge in [-0.3, -0.25) is 9.59 Å². The number of aldehydes is 2. The van der Waals surface area contributed by atoms with Gasteiger partial charge in [0.2, 0.25) is 11.8 Å². The molecule has 4 N–H and O–H groups in total. The third-order valence-electron chi connectivity index (χ3n) is 11.8. The lowest BCUT2D eigenvalue weighted by molar-refractivity contribution is -0.156. The number of carbonyl (C=O) groups is 4. The Hall–Kier alpha value is -6.08. The van der Waals surface area contributed by atoms with Gasteiger partial charge in [0.15, 0.2) is 0 Å². The minimum atomic E-state index is -5.27. The van der Waals surface area contributed by atoms with E-state index in [-0.39, 0.29) is 24.2 Å². The van der Waals surface area contributed by atoms with Crippen molar-refractivity contribution in [2.24, 2.45) is 35.5 Å². The van der Waals surface area contributed by atoms with Gasteiger partial charge in [-0.2, -0.15) is 52.7 Å². The third kappa shape index (κ3) is 8.30. The minimum Gasteiger partial charge on any atom is -0.399 e. The van der Waals surface area contributed by atoms with E-state index in [1.54, 1.807) is 0 Å². The molecular formula is C42H34F12N4O4. The van der Waals surface area contributed by atoms with Gasteiger partial charge in [0, 0.05) is 48.7 Å². The van der Waals surface area contributed by atoms with Gasteiger partial charge in [0.05, 0.1) is 34.1 Å². The Labute approximate surface area is 344 Å². The van der Waals surface area contributed by atoms with E-state index in [9.17, 15) is 71.9 Å². The predicted molar refractivity (Wildman–Crippen MR) is 202 cm³/mol. The molecule has 2 bridgehead atoms. The van der Waals surface area contributed by atoms with Crippen LogP contribution in [0.15, 0.2) is 72.8 Å². The second-order valence-electron chi connectivity index (χ2n) is 15.2. The number of nitrogens with two attached hydrogens (primary N) is 2. The van der Waals surface area contributed by atoms with Crippen LogP contribution < -0.4 is 21.3 Å². The molecule has 4 aromatic rings. The number of fused-ring (bicyclic) bond motifs is 3. The highest BCUT2D eigenvalue weighted by molar-refractivity contribution is 6.01. The van der Waals surface area contributed by atoms with Gasteiger partial charge in [-0.05, 0) is 95.5 Å². The van der Waals surface area contributed by atoms with Crippen LogP contribution in [0.4, 0.5) is 75.4 Å². The number of halogens is 12. The highest BCUT2D eigenvalue weighted by Gasteiger charge is 2.59. The highest BCUT2D eigenvalue weighted by Crippen LogP contribution is 2.55. The molecule has 20 heteroatoms. The molecular weight excluding hydrogens is 852 g/mol. The van der Waals surface area contributed by atoms with Crippen LogP contribution in [0.5, 0.6) is 0 Å². The van der Waals surface area contributed by atoms with Crippen molar-refractivity contribution in [3.8, 4) is 22.3 Å². The average Bonchev–Trinajstić information content (AvgIpc) is 3.20. The molecule has 0 heterocycles. The maximum Gasteiger partial charge on any atom is 0.417 e. The number of amides is 2. The third-order valence-corrected chi connectivity index (χ3v) is 11.8. The molecule has 0 aromatic heterocycles. The molecule has 3 aliphatic carbocycles. The smallest absolute Gasteiger partial charge is 0.399 e. The Bertz CT molecular complexity index is 2270. The van der Waals surface area contributed by atoms with Gasteiger partial charge >= 0.3 is 24.7 Å². The average molecular weight is 887 g/mol. The van der Waals surface area contributed by atoms with Gasteiger partial charge in [-0.15, -0.1) is 0 Å². The summed E-state index contributed by atoms with van der Waals surface area (Å²) in [5, 5.41) is 0. The van der Waals surface area contributed by atoms with Crippen molar-refractivity contribution in [2.75, 3.05) is 35.4 Å². The molecule has 330 valence electrons. The van der Waals surface area contributed by atoms with E-state index in [0.29, 0.717) is 36.8 Å². The van der Waals surface area contributed by atoms with E-state index in [2.05, 4.69) is 0 Å². The molecule has 7 rings (SSSR count). The second kappa shape index (κ2) is 16.0. The molecule has 0 radical (unpaired) electrons. The lowest BCUT2D eigenvalue weighted by atomic mass is 9.50. The first kappa shape index (κ1) is 45.4. The molecule has 3 fully saturated rings. The molecule has 3 saturated carbocycles. The van der Waals surface area contributed by atoms with E-state index >= 15 is 0 Å². The van der Waals surface area contributed by atoms with E-state index in [0.717, 1.165) is 72.4 Å². The highest BCUT2D eigenvalue weighted by atomic mass is 19.4. The second-order valence-corrected chi connectivity index (χ2v) is 15.2. The number of carbonyl (C=O) groups excluding carboxylic acids is 4. The van der Waals surface area contributed by atoms with Crippen LogP contribution in [0.3, 0.4) is 0 Å². The summed E-state index contributed by atoms with van der Waals surface area (Å²) in [7, 11) is 2.08. The Kier molecular flexibility index (Phi) is 11.7. The van der Waals surface area contributed by atoms with Crippen LogP contribution in [-0.4, -0.2) is 38.5 Å². The van der Waals surface area contributed by atoms with Gasteiger partial charge in [-0.25, -0.2) is 0 Å². The molecule has 0 spiro atoms. The van der Waals surface area contributed by atoms with Crippen LogP contribution in [0.1, 0.15) is 35.1 Å². The summed E-state index contributed by atoms with van der Waals surface area (Å²) in [5.41, 5.74) is -0.239. The molecule has 4 unspecified atom stereocenters. The Morgan fingerprint density at radius 1 is 0.500 bits per heavy atom. The molecule has 2 amide bonds. The Morgan fingerprint density at radius 3 is 1.10 bits per heavy atom. The summed E-state index contributed by atoms with van der Waals surface area (Å²) in [5.74, 6) is -9.66. The summed E-state index contributed by atoms with van der Waals surface area (Å²) >= 11 is 0. The van der Waals surface area contributed by atoms with E-state index in [4.69, 9.17) is 11.5 Å². The van der Waals surface area contributed by atoms with Crippen molar-refractivity contribution in [3.63, 3.8) is 0 Å². The monoisotopic (exact) mass is 886 g/mol. The van der Waals surface area contributed by atoms with E-state index < -0.39 is 128 Å². The SMILES string of the molecule is CN(C(=O)C1C(C=O)C2CCC1C(C(=O)N(C)c1ccc(-c3ccc(N)cc3C(F)(F)F)c(C(F)(F)F)c1)C2C=O)c1ccc(-c2ccc(N)cc2C(F)(F)F)c(C(F)(F)F)c1. The van der Waals surface area contributed by atoms with E-state index in [1.807, 2.05) is 0 Å². The number of nitrogen functional groups attached to an aromatic ring is 2. The fourth-order valence-corrected chi connectivity index (χ4v) is 8.96. The number of rotatable bonds is 8. The Balaban J connectivity index is 1.37. The van der Waals surface area contributed by atoms with Crippen molar-refractivity contribution < 1.29 is 71.9 Å². The number of alkyl halides is 12. The molecule has 0 aliphatic heterocycles. The lowest BCUT2D eigenvalue weighted by Crippen LogP contribution is -2.60. The topological polar surface area (TPSA) is 127 Å². The van der Waals surface area contributed by atoms with Gasteiger partial charge < -0.3 is 30.9 Å². The number of hydrogen-bond donors (Lipinski definition) is 2. The molecule has 3 aliphatic rings. The number of nitrogens with zero attached hydrogens (tertiary/aromatic N) is 2. The van der Waals surface area contributed by atoms with Gasteiger partial charge in [0.25, 0.3) is 0 Å². The number of hydrogen-bond acceptors (Lipinski definition) is 6. The first-order valence-electron chi connectivity index (χ1n) is 18.5. The fraction of sp³-hybridized carbons (Fsp3) is 0.333. The zero-order valence-corrected chi connectivity index (χ0v) is 32.2. The summed E-state index contributed by atoms with van der Waals surface area (Å²) in [6.07, 6.45) is -19.9. The summed E-state index contributed by atoms with van der Waals surface area (Å²) < 4.78 is 171. The zero-order chi connectivity index (χ0) is 46.0. The first-order valence-corrected chi connectivity index (χ1v) is 18.5. The molecule has 62 heavy (non-hydrogen) atoms. The molecule has 4 aromatic carbocycles. The lowest BCUT2D eigenvalue weighted by Gasteiger charge is -2.53.